The summed E-state index contributed by atoms with van der Waals surface area (Å²) in [6.45, 7) is 0.749. The summed E-state index contributed by atoms with van der Waals surface area (Å²) in [6, 6.07) is 5.99. The zero-order valence-electron chi connectivity index (χ0n) is 9.42. The van der Waals surface area contributed by atoms with Crippen molar-refractivity contribution in [3.63, 3.8) is 0 Å². The van der Waals surface area contributed by atoms with E-state index in [-0.39, 0.29) is 0 Å². The second kappa shape index (κ2) is 5.42. The summed E-state index contributed by atoms with van der Waals surface area (Å²) in [5.41, 5.74) is 1.16. The lowest BCUT2D eigenvalue weighted by Gasteiger charge is -2.15. The maximum absolute atomic E-state index is 5.19. The van der Waals surface area contributed by atoms with Crippen LogP contribution >= 0.6 is 27.5 Å². The van der Waals surface area contributed by atoms with Gasteiger partial charge in [0.1, 0.15) is 5.75 Å². The average Bonchev–Trinajstić information content (AvgIpc) is 2.82. The standard InChI is InChI=1S/C10H11BrN4OS/c1-15(10-12-13-14-17-10)6-7-3-4-9(16-2)8(11)5-7/h3-5H,6H2,1-2H3. The van der Waals surface area contributed by atoms with Gasteiger partial charge in [-0.15, -0.1) is 0 Å². The summed E-state index contributed by atoms with van der Waals surface area (Å²) in [5.74, 6) is 0.828. The van der Waals surface area contributed by atoms with E-state index in [1.165, 1.54) is 11.5 Å². The van der Waals surface area contributed by atoms with Crippen LogP contribution in [0.15, 0.2) is 22.7 Å². The molecule has 0 aliphatic carbocycles. The van der Waals surface area contributed by atoms with Gasteiger partial charge >= 0.3 is 0 Å². The highest BCUT2D eigenvalue weighted by molar-refractivity contribution is 9.10. The molecule has 90 valence electrons. The van der Waals surface area contributed by atoms with Crippen LogP contribution < -0.4 is 9.64 Å². The first-order valence-electron chi connectivity index (χ1n) is 4.89. The topological polar surface area (TPSA) is 51.1 Å². The first-order chi connectivity index (χ1) is 8.20. The molecule has 0 aliphatic heterocycles. The summed E-state index contributed by atoms with van der Waals surface area (Å²) in [6.07, 6.45) is 0. The minimum Gasteiger partial charge on any atom is -0.496 e. The number of benzene rings is 1. The van der Waals surface area contributed by atoms with Gasteiger partial charge < -0.3 is 9.64 Å². The first kappa shape index (κ1) is 12.3. The predicted molar refractivity (Wildman–Crippen MR) is 70.5 cm³/mol. The number of methoxy groups -OCH3 is 1. The molecule has 0 bridgehead atoms. The Balaban J connectivity index is 2.11. The van der Waals surface area contributed by atoms with Crippen LogP contribution in [0.5, 0.6) is 5.75 Å². The predicted octanol–water partition coefficient (Wildman–Crippen LogP) is 2.34. The van der Waals surface area contributed by atoms with Crippen LogP contribution in [-0.4, -0.2) is 29.0 Å². The zero-order chi connectivity index (χ0) is 12.3. The molecule has 2 rings (SSSR count). The number of hydrogen-bond donors (Lipinski definition) is 0. The van der Waals surface area contributed by atoms with Crippen molar-refractivity contribution < 1.29 is 4.74 Å². The van der Waals surface area contributed by atoms with Crippen LogP contribution in [0.25, 0.3) is 0 Å². The highest BCUT2D eigenvalue weighted by Crippen LogP contribution is 2.26. The summed E-state index contributed by atoms with van der Waals surface area (Å²) in [5, 5.41) is 8.30. The average molecular weight is 315 g/mol. The van der Waals surface area contributed by atoms with Gasteiger partial charge in [-0.1, -0.05) is 15.7 Å². The van der Waals surface area contributed by atoms with E-state index < -0.39 is 0 Å². The molecule has 1 heterocycles. The maximum atomic E-state index is 5.19. The number of rotatable bonds is 4. The molecule has 1 aromatic carbocycles. The molecule has 0 amide bonds. The number of anilines is 1. The van der Waals surface area contributed by atoms with E-state index in [0.717, 1.165) is 27.5 Å². The Morgan fingerprint density at radius 1 is 1.47 bits per heavy atom. The summed E-state index contributed by atoms with van der Waals surface area (Å²) >= 11 is 4.74. The summed E-state index contributed by atoms with van der Waals surface area (Å²) in [7, 11) is 3.61. The molecule has 0 aliphatic rings. The van der Waals surface area contributed by atoms with Crippen LogP contribution in [-0.2, 0) is 6.54 Å². The lowest BCUT2D eigenvalue weighted by molar-refractivity contribution is 0.412. The Kier molecular flexibility index (Phi) is 3.90. The molecule has 5 nitrogen and oxygen atoms in total. The van der Waals surface area contributed by atoms with Crippen LogP contribution in [0, 0.1) is 0 Å². The van der Waals surface area contributed by atoms with E-state index >= 15 is 0 Å². The van der Waals surface area contributed by atoms with Crippen molar-refractivity contribution >= 4 is 32.6 Å². The second-order valence-corrected chi connectivity index (χ2v) is 5.04. The fraction of sp³-hybridized carbons (Fsp3) is 0.300. The summed E-state index contributed by atoms with van der Waals surface area (Å²) < 4.78 is 9.87. The van der Waals surface area contributed by atoms with E-state index in [2.05, 4.69) is 30.7 Å². The number of nitrogens with zero attached hydrogens (tertiary/aromatic N) is 4. The largest absolute Gasteiger partial charge is 0.496 e. The molecule has 0 fully saturated rings. The van der Waals surface area contributed by atoms with Gasteiger partial charge in [-0.3, -0.25) is 0 Å². The van der Waals surface area contributed by atoms with Gasteiger partial charge in [-0.05, 0) is 38.8 Å². The molecule has 0 saturated carbocycles. The monoisotopic (exact) mass is 314 g/mol. The van der Waals surface area contributed by atoms with E-state index in [0.29, 0.717) is 0 Å². The molecule has 0 spiro atoms. The molecule has 0 saturated heterocycles. The van der Waals surface area contributed by atoms with Crippen LogP contribution in [0.4, 0.5) is 5.13 Å². The van der Waals surface area contributed by atoms with Crippen molar-refractivity contribution in [1.82, 2.24) is 14.8 Å². The van der Waals surface area contributed by atoms with E-state index in [4.69, 9.17) is 4.74 Å². The molecular weight excluding hydrogens is 304 g/mol. The SMILES string of the molecule is COc1ccc(CN(C)c2nnns2)cc1Br. The smallest absolute Gasteiger partial charge is 0.227 e. The van der Waals surface area contributed by atoms with Gasteiger partial charge in [0.05, 0.1) is 11.6 Å². The maximum Gasteiger partial charge on any atom is 0.227 e. The van der Waals surface area contributed by atoms with Gasteiger partial charge in [0.15, 0.2) is 0 Å². The third-order valence-corrected chi connectivity index (χ3v) is 3.58. The van der Waals surface area contributed by atoms with Gasteiger partial charge in [0.25, 0.3) is 0 Å². The number of ether oxygens (including phenoxy) is 1. The highest BCUT2D eigenvalue weighted by atomic mass is 79.9. The molecule has 0 radical (unpaired) electrons. The minimum absolute atomic E-state index is 0.749. The number of halogens is 1. The van der Waals surface area contributed by atoms with Crippen LogP contribution in [0.2, 0.25) is 0 Å². The summed E-state index contributed by atoms with van der Waals surface area (Å²) in [4.78, 5) is 2.00. The van der Waals surface area contributed by atoms with Crippen molar-refractivity contribution in [1.29, 1.82) is 0 Å². The molecule has 0 atom stereocenters. The first-order valence-corrected chi connectivity index (χ1v) is 6.46. The van der Waals surface area contributed by atoms with Gasteiger partial charge in [0, 0.05) is 25.1 Å². The molecule has 1 aromatic heterocycles. The molecular formula is C10H11BrN4OS. The Morgan fingerprint density at radius 3 is 2.88 bits per heavy atom. The quantitative estimate of drug-likeness (QED) is 0.867. The Bertz CT molecular complexity index is 491. The Hall–Kier alpha value is -1.21. The van der Waals surface area contributed by atoms with Crippen molar-refractivity contribution in [3.05, 3.63) is 28.2 Å². The van der Waals surface area contributed by atoms with E-state index in [1.54, 1.807) is 7.11 Å². The lowest BCUT2D eigenvalue weighted by Crippen LogP contribution is -2.16. The fourth-order valence-electron chi connectivity index (χ4n) is 1.43. The molecule has 0 unspecified atom stereocenters. The van der Waals surface area contributed by atoms with Crippen molar-refractivity contribution in [2.24, 2.45) is 0 Å². The lowest BCUT2D eigenvalue weighted by atomic mass is 10.2. The Morgan fingerprint density at radius 2 is 2.29 bits per heavy atom. The number of hydrogen-bond acceptors (Lipinski definition) is 6. The van der Waals surface area contributed by atoms with Gasteiger partial charge in [0.2, 0.25) is 5.13 Å². The molecule has 0 N–H and O–H groups in total. The zero-order valence-corrected chi connectivity index (χ0v) is 11.8. The highest BCUT2D eigenvalue weighted by Gasteiger charge is 2.08. The van der Waals surface area contributed by atoms with E-state index in [9.17, 15) is 0 Å². The van der Waals surface area contributed by atoms with Crippen LogP contribution in [0.1, 0.15) is 5.56 Å². The molecule has 2 aromatic rings. The Labute approximate surface area is 112 Å². The van der Waals surface area contributed by atoms with Crippen molar-refractivity contribution in [2.75, 3.05) is 19.1 Å². The van der Waals surface area contributed by atoms with Crippen LogP contribution in [0.3, 0.4) is 0 Å². The molecule has 17 heavy (non-hydrogen) atoms. The van der Waals surface area contributed by atoms with Gasteiger partial charge in [-0.2, -0.15) is 0 Å². The molecule has 7 heteroatoms. The number of aromatic nitrogens is 3. The normalized spacial score (nSPS) is 10.3. The van der Waals surface area contributed by atoms with Crippen molar-refractivity contribution in [3.8, 4) is 5.75 Å². The third-order valence-electron chi connectivity index (χ3n) is 2.25. The third kappa shape index (κ3) is 2.92. The second-order valence-electron chi connectivity index (χ2n) is 3.47. The minimum atomic E-state index is 0.749. The van der Waals surface area contributed by atoms with E-state index in [1.807, 2.05) is 30.1 Å². The fourth-order valence-corrected chi connectivity index (χ4v) is 2.44. The van der Waals surface area contributed by atoms with Crippen molar-refractivity contribution in [2.45, 2.75) is 6.54 Å². The van der Waals surface area contributed by atoms with Gasteiger partial charge in [-0.25, -0.2) is 0 Å².